The van der Waals surface area contributed by atoms with E-state index in [4.69, 9.17) is 40.0 Å². The monoisotopic (exact) mass is 612 g/mol. The standard InChI is InChI=1S/C27H29ClO14/c1-33-24(29)38-14-19-21(40-25(30)34-2)23(42-27(32)36-4)22(41-26(31)35-3)20(39-19)15-10-11-18(28)16(12-15)13-37-17-8-6-5-7-9-17/h5-12,19-23H,13-14H2,1-4H3/t19-,20+,21-,22+,23+/m1/s1. The van der Waals surface area contributed by atoms with E-state index in [2.05, 4.69) is 18.9 Å². The third-order valence-electron chi connectivity index (χ3n) is 5.90. The molecule has 0 unspecified atom stereocenters. The summed E-state index contributed by atoms with van der Waals surface area (Å²) in [6, 6.07) is 13.7. The van der Waals surface area contributed by atoms with Gasteiger partial charge in [0.25, 0.3) is 0 Å². The molecule has 14 nitrogen and oxygen atoms in total. The number of benzene rings is 2. The number of methoxy groups -OCH3 is 4. The van der Waals surface area contributed by atoms with Crippen LogP contribution in [0.1, 0.15) is 17.2 Å². The van der Waals surface area contributed by atoms with Crippen molar-refractivity contribution in [1.29, 1.82) is 0 Å². The lowest BCUT2D eigenvalue weighted by Crippen LogP contribution is -2.59. The van der Waals surface area contributed by atoms with Crippen molar-refractivity contribution < 1.29 is 66.5 Å². The van der Waals surface area contributed by atoms with E-state index in [0.29, 0.717) is 21.9 Å². The number of hydrogen-bond donors (Lipinski definition) is 0. The van der Waals surface area contributed by atoms with Crippen LogP contribution in [0.2, 0.25) is 5.02 Å². The SMILES string of the molecule is COC(=O)OC[C@H]1O[C@@H](c2ccc(Cl)c(COc3ccccc3)c2)[C@H](OC(=O)OC)[C@@H](OC(=O)OC)[C@@H]1OC(=O)OC. The number of para-hydroxylation sites is 1. The molecule has 2 aromatic rings. The molecule has 3 rings (SSSR count). The van der Waals surface area contributed by atoms with Gasteiger partial charge in [0.05, 0.1) is 28.4 Å². The summed E-state index contributed by atoms with van der Waals surface area (Å²) in [7, 11) is 4.24. The second-order valence-electron chi connectivity index (χ2n) is 8.42. The minimum absolute atomic E-state index is 0.0526. The highest BCUT2D eigenvalue weighted by Gasteiger charge is 2.54. The van der Waals surface area contributed by atoms with E-state index in [1.165, 1.54) is 0 Å². The zero-order valence-corrected chi connectivity index (χ0v) is 23.8. The smallest absolute Gasteiger partial charge is 0.489 e. The Morgan fingerprint density at radius 1 is 0.738 bits per heavy atom. The largest absolute Gasteiger partial charge is 0.508 e. The Bertz CT molecular complexity index is 1220. The van der Waals surface area contributed by atoms with Crippen LogP contribution in [0.5, 0.6) is 5.75 Å². The van der Waals surface area contributed by atoms with Gasteiger partial charge in [-0.25, -0.2) is 19.2 Å². The molecule has 1 fully saturated rings. The Kier molecular flexibility index (Phi) is 11.9. The topological polar surface area (TPSA) is 161 Å². The first-order chi connectivity index (χ1) is 20.2. The fourth-order valence-electron chi connectivity index (χ4n) is 3.97. The highest BCUT2D eigenvalue weighted by molar-refractivity contribution is 6.31. The molecule has 228 valence electrons. The lowest BCUT2D eigenvalue weighted by Gasteiger charge is -2.44. The van der Waals surface area contributed by atoms with Gasteiger partial charge < -0.3 is 47.4 Å². The molecule has 0 spiro atoms. The van der Waals surface area contributed by atoms with Crippen molar-refractivity contribution in [3.63, 3.8) is 0 Å². The molecule has 1 heterocycles. The highest BCUT2D eigenvalue weighted by atomic mass is 35.5. The lowest BCUT2D eigenvalue weighted by molar-refractivity contribution is -0.239. The molecule has 5 atom stereocenters. The Hall–Kier alpha value is -4.43. The molecule has 0 aromatic heterocycles. The molecule has 0 saturated carbocycles. The van der Waals surface area contributed by atoms with Crippen LogP contribution in [0.15, 0.2) is 48.5 Å². The van der Waals surface area contributed by atoms with Crippen LogP contribution in [0.4, 0.5) is 19.2 Å². The van der Waals surface area contributed by atoms with E-state index in [-0.39, 0.29) is 6.61 Å². The molecule has 2 aromatic carbocycles. The fraction of sp³-hybridized carbons (Fsp3) is 0.407. The van der Waals surface area contributed by atoms with Crippen molar-refractivity contribution in [2.75, 3.05) is 35.0 Å². The van der Waals surface area contributed by atoms with Crippen molar-refractivity contribution in [3.05, 3.63) is 64.7 Å². The Morgan fingerprint density at radius 2 is 1.31 bits per heavy atom. The normalized spacial score (nSPS) is 21.2. The number of rotatable bonds is 9. The first-order valence-corrected chi connectivity index (χ1v) is 12.6. The summed E-state index contributed by atoms with van der Waals surface area (Å²) in [5, 5.41) is 0.357. The van der Waals surface area contributed by atoms with Gasteiger partial charge in [0.15, 0.2) is 18.3 Å². The van der Waals surface area contributed by atoms with Crippen molar-refractivity contribution in [1.82, 2.24) is 0 Å². The number of ether oxygens (including phenoxy) is 10. The summed E-state index contributed by atoms with van der Waals surface area (Å²) < 4.78 is 51.6. The molecule has 0 bridgehead atoms. The number of carbonyl (C=O) groups is 4. The quantitative estimate of drug-likeness (QED) is 0.285. The number of carbonyl (C=O) groups excluding carboxylic acids is 4. The van der Waals surface area contributed by atoms with Gasteiger partial charge in [-0.3, -0.25) is 0 Å². The summed E-state index contributed by atoms with van der Waals surface area (Å²) in [5.74, 6) is 0.592. The minimum atomic E-state index is -1.58. The second kappa shape index (κ2) is 15.5. The Morgan fingerprint density at radius 3 is 1.90 bits per heavy atom. The predicted molar refractivity (Wildman–Crippen MR) is 140 cm³/mol. The molecule has 15 heteroatoms. The molecular formula is C27H29ClO14. The van der Waals surface area contributed by atoms with Gasteiger partial charge in [0.1, 0.15) is 31.2 Å². The van der Waals surface area contributed by atoms with Crippen LogP contribution in [0, 0.1) is 0 Å². The van der Waals surface area contributed by atoms with Crippen LogP contribution >= 0.6 is 11.6 Å². The first-order valence-electron chi connectivity index (χ1n) is 12.3. The summed E-state index contributed by atoms with van der Waals surface area (Å²) in [6.07, 6.45) is -11.8. The molecule has 0 aliphatic carbocycles. The van der Waals surface area contributed by atoms with Gasteiger partial charge in [-0.05, 0) is 29.8 Å². The third kappa shape index (κ3) is 8.54. The summed E-state index contributed by atoms with van der Waals surface area (Å²) >= 11 is 6.43. The average molecular weight is 613 g/mol. The van der Waals surface area contributed by atoms with E-state index < -0.39 is 61.7 Å². The van der Waals surface area contributed by atoms with Gasteiger partial charge in [-0.2, -0.15) is 0 Å². The van der Waals surface area contributed by atoms with Crippen LogP contribution in [-0.2, 0) is 49.2 Å². The molecule has 0 radical (unpaired) electrons. The van der Waals surface area contributed by atoms with E-state index >= 15 is 0 Å². The molecule has 1 saturated heterocycles. The molecule has 1 aliphatic heterocycles. The summed E-state index contributed by atoms with van der Waals surface area (Å²) in [5.41, 5.74) is 0.900. The fourth-order valence-corrected chi connectivity index (χ4v) is 4.14. The Labute approximate surface area is 245 Å². The highest BCUT2D eigenvalue weighted by Crippen LogP contribution is 2.39. The van der Waals surface area contributed by atoms with Crippen molar-refractivity contribution in [3.8, 4) is 5.75 Å². The lowest BCUT2D eigenvalue weighted by atomic mass is 9.90. The molecule has 1 aliphatic rings. The number of halogens is 1. The van der Waals surface area contributed by atoms with Crippen molar-refractivity contribution in [2.45, 2.75) is 37.1 Å². The molecule has 0 N–H and O–H groups in total. The van der Waals surface area contributed by atoms with Crippen LogP contribution < -0.4 is 4.74 Å². The maximum Gasteiger partial charge on any atom is 0.508 e. The van der Waals surface area contributed by atoms with E-state index in [0.717, 1.165) is 28.4 Å². The maximum atomic E-state index is 12.3. The van der Waals surface area contributed by atoms with Gasteiger partial charge in [0, 0.05) is 10.6 Å². The number of hydrogen-bond acceptors (Lipinski definition) is 14. The molecule has 0 amide bonds. The van der Waals surface area contributed by atoms with E-state index in [1.807, 2.05) is 18.2 Å². The zero-order valence-electron chi connectivity index (χ0n) is 23.0. The zero-order chi connectivity index (χ0) is 30.6. The first kappa shape index (κ1) is 32.1. The van der Waals surface area contributed by atoms with Crippen LogP contribution in [0.25, 0.3) is 0 Å². The molecular weight excluding hydrogens is 584 g/mol. The van der Waals surface area contributed by atoms with Crippen molar-refractivity contribution in [2.24, 2.45) is 0 Å². The van der Waals surface area contributed by atoms with Crippen molar-refractivity contribution >= 4 is 36.2 Å². The van der Waals surface area contributed by atoms with E-state index in [1.54, 1.807) is 30.3 Å². The summed E-state index contributed by atoms with van der Waals surface area (Å²) in [6.45, 7) is -0.495. The minimum Gasteiger partial charge on any atom is -0.489 e. The van der Waals surface area contributed by atoms with Gasteiger partial charge in [-0.1, -0.05) is 35.9 Å². The maximum absolute atomic E-state index is 12.3. The summed E-state index contributed by atoms with van der Waals surface area (Å²) in [4.78, 5) is 48.5. The third-order valence-corrected chi connectivity index (χ3v) is 6.27. The van der Waals surface area contributed by atoms with Crippen LogP contribution in [0.3, 0.4) is 0 Å². The van der Waals surface area contributed by atoms with E-state index in [9.17, 15) is 19.2 Å². The van der Waals surface area contributed by atoms with Gasteiger partial charge in [-0.15, -0.1) is 0 Å². The predicted octanol–water partition coefficient (Wildman–Crippen LogP) is 4.60. The van der Waals surface area contributed by atoms with Gasteiger partial charge >= 0.3 is 24.6 Å². The van der Waals surface area contributed by atoms with Crippen LogP contribution in [-0.4, -0.2) is 84.1 Å². The average Bonchev–Trinajstić information content (AvgIpc) is 3.01. The molecule has 42 heavy (non-hydrogen) atoms. The second-order valence-corrected chi connectivity index (χ2v) is 8.83. The Balaban J connectivity index is 2.06. The van der Waals surface area contributed by atoms with Gasteiger partial charge in [0.2, 0.25) is 0 Å².